The van der Waals surface area contributed by atoms with E-state index in [4.69, 9.17) is 32.7 Å². The third-order valence-corrected chi connectivity index (χ3v) is 12.8. The van der Waals surface area contributed by atoms with E-state index in [1.807, 2.05) is 23.6 Å². The monoisotopic (exact) mass is 826 g/mol. The highest BCUT2D eigenvalue weighted by atomic mass is 35.5. The summed E-state index contributed by atoms with van der Waals surface area (Å²) in [6.45, 7) is 0.0849. The van der Waals surface area contributed by atoms with Crippen molar-refractivity contribution in [1.29, 1.82) is 0 Å². The number of carbonyl (C=O) groups excluding carboxylic acids is 4. The molecule has 0 radical (unpaired) electrons. The van der Waals surface area contributed by atoms with Crippen LogP contribution in [0.5, 0.6) is 17.2 Å². The van der Waals surface area contributed by atoms with Gasteiger partial charge in [-0.1, -0.05) is 53.1 Å². The van der Waals surface area contributed by atoms with E-state index >= 15 is 4.79 Å². The van der Waals surface area contributed by atoms with E-state index < -0.39 is 69.5 Å². The number of nitrogens with zero attached hydrogens (tertiary/aromatic N) is 3. The number of hydrogen-bond donors (Lipinski definition) is 2. The van der Waals surface area contributed by atoms with Gasteiger partial charge < -0.3 is 14.6 Å². The Hall–Kier alpha value is -5.12. The van der Waals surface area contributed by atoms with Gasteiger partial charge in [-0.3, -0.25) is 29.5 Å². The number of phenols is 1. The number of hydrogen-bond acceptors (Lipinski definition) is 10. The Morgan fingerprint density at radius 3 is 2.29 bits per heavy atom. The minimum Gasteiger partial charge on any atom is -0.508 e. The molecule has 2 aliphatic heterocycles. The number of hydrazine groups is 1. The van der Waals surface area contributed by atoms with E-state index in [1.54, 1.807) is 24.3 Å². The molecule has 0 bridgehead atoms. The number of fused-ring (bicyclic) bond motifs is 4. The first-order chi connectivity index (χ1) is 26.7. The quantitative estimate of drug-likeness (QED) is 0.138. The fourth-order valence-electron chi connectivity index (χ4n) is 9.09. The van der Waals surface area contributed by atoms with Gasteiger partial charge in [0.05, 0.1) is 54.5 Å². The van der Waals surface area contributed by atoms with E-state index in [2.05, 4.69) is 10.4 Å². The number of allylic oxidation sites excluding steroid dienone is 2. The van der Waals surface area contributed by atoms with Crippen LogP contribution < -0.4 is 14.9 Å². The zero-order chi connectivity index (χ0) is 39.8. The van der Waals surface area contributed by atoms with Crippen molar-refractivity contribution < 1.29 is 46.9 Å². The molecule has 2 N–H and O–H groups in total. The topological polar surface area (TPSA) is 138 Å². The molecule has 0 spiro atoms. The molecule has 8 rings (SSSR count). The van der Waals surface area contributed by atoms with Crippen molar-refractivity contribution in [3.8, 4) is 17.2 Å². The number of pyridine rings is 1. The second-order valence-corrected chi connectivity index (χ2v) is 15.9. The van der Waals surface area contributed by atoms with Gasteiger partial charge in [-0.2, -0.15) is 18.2 Å². The van der Waals surface area contributed by atoms with Crippen molar-refractivity contribution in [1.82, 2.24) is 14.9 Å². The molecule has 17 heteroatoms. The number of anilines is 1. The van der Waals surface area contributed by atoms with Gasteiger partial charge in [0.1, 0.15) is 17.2 Å². The highest BCUT2D eigenvalue weighted by molar-refractivity contribution is 7.09. The molecule has 4 aliphatic rings. The van der Waals surface area contributed by atoms with Gasteiger partial charge in [-0.15, -0.1) is 11.3 Å². The number of amides is 4. The molecule has 2 aromatic heterocycles. The number of carbonyl (C=O) groups is 4. The van der Waals surface area contributed by atoms with Crippen LogP contribution in [0.15, 0.2) is 77.8 Å². The summed E-state index contributed by atoms with van der Waals surface area (Å²) in [7, 11) is 2.73. The van der Waals surface area contributed by atoms with Gasteiger partial charge in [0.2, 0.25) is 11.8 Å². The molecule has 4 aromatic rings. The maximum Gasteiger partial charge on any atom is 0.417 e. The van der Waals surface area contributed by atoms with Crippen molar-refractivity contribution in [3.05, 3.63) is 109 Å². The molecule has 4 amide bonds. The van der Waals surface area contributed by atoms with E-state index in [0.29, 0.717) is 33.4 Å². The molecule has 290 valence electrons. The van der Waals surface area contributed by atoms with Gasteiger partial charge in [-0.25, -0.2) is 4.98 Å². The SMILES string of the molecule is COc1cc(O)cc(OC)c1C1C2=CCC3C(=O)N(Cc4cccs4)C(=O)C3C2CC2C(=O)N(Nc3ncc(C(F)(F)F)cc3Cl)C(=O)C21c1ccc(Cl)cc1. The number of rotatable bonds is 8. The summed E-state index contributed by atoms with van der Waals surface area (Å²) in [6, 6.07) is 13.3. The standard InChI is InChI=1S/C39H31Cl2F3N4O7S/c1-54-28-13-21(49)14-29(55-2)31(28)32-23-9-10-24-30(36(52)47(34(24)50)17-22-4-3-11-56-22)25(23)15-26-35(51)48(37(53)38(26,32)18-5-7-20(40)8-6-18)46-33-27(41)12-19(16-45-33)39(42,43)44/h3-9,11-14,16,24-26,30,32,49H,10,15,17H2,1-2H3,(H,45,46). The minimum absolute atomic E-state index is 0.0718. The van der Waals surface area contributed by atoms with Crippen LogP contribution in [-0.4, -0.2) is 57.8 Å². The Balaban J connectivity index is 1.34. The number of ether oxygens (including phenoxy) is 2. The molecule has 2 aromatic carbocycles. The first kappa shape index (κ1) is 37.8. The number of likely N-dealkylation sites (tertiary alicyclic amines) is 1. The first-order valence-corrected chi connectivity index (χ1v) is 19.0. The molecule has 4 heterocycles. The van der Waals surface area contributed by atoms with Gasteiger partial charge in [0.25, 0.3) is 11.8 Å². The van der Waals surface area contributed by atoms with Gasteiger partial charge >= 0.3 is 6.18 Å². The van der Waals surface area contributed by atoms with E-state index in [0.717, 1.165) is 4.88 Å². The summed E-state index contributed by atoms with van der Waals surface area (Å²) in [4.78, 5) is 64.7. The van der Waals surface area contributed by atoms with Crippen molar-refractivity contribution in [2.75, 3.05) is 19.6 Å². The maximum atomic E-state index is 15.5. The van der Waals surface area contributed by atoms with Crippen molar-refractivity contribution in [3.63, 3.8) is 0 Å². The van der Waals surface area contributed by atoms with Gasteiger partial charge in [0.15, 0.2) is 5.82 Å². The van der Waals surface area contributed by atoms with Crippen LogP contribution in [0.2, 0.25) is 10.0 Å². The molecular formula is C39H31Cl2F3N4O7S. The van der Waals surface area contributed by atoms with Crippen LogP contribution in [0, 0.1) is 23.7 Å². The summed E-state index contributed by atoms with van der Waals surface area (Å²) < 4.78 is 52.2. The number of alkyl halides is 3. The second-order valence-electron chi connectivity index (χ2n) is 14.0. The van der Waals surface area contributed by atoms with Gasteiger partial charge in [-0.05, 0) is 54.0 Å². The van der Waals surface area contributed by atoms with Crippen LogP contribution in [0.3, 0.4) is 0 Å². The highest BCUT2D eigenvalue weighted by Gasteiger charge is 2.71. The lowest BCUT2D eigenvalue weighted by Crippen LogP contribution is -2.53. The van der Waals surface area contributed by atoms with Crippen LogP contribution in [-0.2, 0) is 37.3 Å². The van der Waals surface area contributed by atoms with Crippen LogP contribution in [0.25, 0.3) is 0 Å². The summed E-state index contributed by atoms with van der Waals surface area (Å²) in [6.07, 6.45) is -2.31. The Labute approximate surface area is 331 Å². The number of benzene rings is 2. The molecule has 56 heavy (non-hydrogen) atoms. The zero-order valence-corrected chi connectivity index (χ0v) is 31.8. The first-order valence-electron chi connectivity index (χ1n) is 17.4. The Morgan fingerprint density at radius 1 is 0.982 bits per heavy atom. The fraction of sp³-hybridized carbons (Fsp3) is 0.308. The molecule has 2 aliphatic carbocycles. The van der Waals surface area contributed by atoms with E-state index in [1.165, 1.54) is 42.6 Å². The number of methoxy groups -OCH3 is 2. The second kappa shape index (κ2) is 13.8. The van der Waals surface area contributed by atoms with Crippen LogP contribution >= 0.6 is 34.5 Å². The van der Waals surface area contributed by atoms with Crippen molar-refractivity contribution in [2.45, 2.75) is 36.9 Å². The maximum absolute atomic E-state index is 15.5. The Bertz CT molecular complexity index is 2300. The third kappa shape index (κ3) is 5.73. The zero-order valence-electron chi connectivity index (χ0n) is 29.5. The molecule has 2 saturated heterocycles. The number of aromatic hydroxyl groups is 1. The van der Waals surface area contributed by atoms with Crippen molar-refractivity contribution in [2.24, 2.45) is 23.7 Å². The lowest BCUT2D eigenvalue weighted by Gasteiger charge is -2.51. The molecular weight excluding hydrogens is 796 g/mol. The average molecular weight is 828 g/mol. The predicted molar refractivity (Wildman–Crippen MR) is 198 cm³/mol. The number of imide groups is 2. The number of thiophene rings is 1. The average Bonchev–Trinajstić information content (AvgIpc) is 3.83. The summed E-state index contributed by atoms with van der Waals surface area (Å²) in [5.74, 6) is -7.49. The summed E-state index contributed by atoms with van der Waals surface area (Å²) in [5.41, 5.74) is 0.829. The highest BCUT2D eigenvalue weighted by Crippen LogP contribution is 2.66. The molecule has 1 saturated carbocycles. The number of halogens is 5. The summed E-state index contributed by atoms with van der Waals surface area (Å²) in [5, 5.41) is 13.1. The van der Waals surface area contributed by atoms with Crippen LogP contribution in [0.4, 0.5) is 19.0 Å². The summed E-state index contributed by atoms with van der Waals surface area (Å²) >= 11 is 14.0. The smallest absolute Gasteiger partial charge is 0.417 e. The molecule has 6 atom stereocenters. The Kier molecular flexibility index (Phi) is 9.32. The molecule has 6 unspecified atom stereocenters. The number of aromatic nitrogens is 1. The largest absolute Gasteiger partial charge is 0.508 e. The van der Waals surface area contributed by atoms with Crippen LogP contribution in [0.1, 0.15) is 40.3 Å². The normalized spacial score (nSPS) is 25.8. The van der Waals surface area contributed by atoms with E-state index in [-0.39, 0.29) is 53.9 Å². The fourth-order valence-corrected chi connectivity index (χ4v) is 10.1. The molecule has 3 fully saturated rings. The minimum atomic E-state index is -4.77. The third-order valence-electron chi connectivity index (χ3n) is 11.4. The Morgan fingerprint density at radius 2 is 1.68 bits per heavy atom. The molecule has 11 nitrogen and oxygen atoms in total. The van der Waals surface area contributed by atoms with E-state index in [9.17, 15) is 32.7 Å². The lowest BCUT2D eigenvalue weighted by molar-refractivity contribution is -0.142. The van der Waals surface area contributed by atoms with Crippen molar-refractivity contribution >= 4 is 64.0 Å². The van der Waals surface area contributed by atoms with Gasteiger partial charge in [0, 0.05) is 39.7 Å². The number of phenolic OH excluding ortho intramolecular Hbond substituents is 1. The predicted octanol–water partition coefficient (Wildman–Crippen LogP) is 7.38. The number of nitrogens with one attached hydrogen (secondary N) is 1. The lowest BCUT2D eigenvalue weighted by atomic mass is 9.49.